The third-order valence-corrected chi connectivity index (χ3v) is 4.05. The predicted molar refractivity (Wildman–Crippen MR) is 85.4 cm³/mol. The van der Waals surface area contributed by atoms with Crippen LogP contribution in [0.3, 0.4) is 0 Å². The second kappa shape index (κ2) is 7.08. The maximum atomic E-state index is 11.6. The van der Waals surface area contributed by atoms with Crippen molar-refractivity contribution in [3.8, 4) is 0 Å². The van der Waals surface area contributed by atoms with E-state index in [1.54, 1.807) is 18.3 Å². The molecule has 0 aliphatic rings. The first-order chi connectivity index (χ1) is 10.1. The molecule has 0 fully saturated rings. The highest BCUT2D eigenvalue weighted by Gasteiger charge is 2.13. The minimum Gasteiger partial charge on any atom is -0.385 e. The lowest BCUT2D eigenvalue weighted by molar-refractivity contribution is 0.601. The molecule has 0 saturated heterocycles. The number of pyridine rings is 1. The fourth-order valence-corrected chi connectivity index (χ4v) is 2.71. The SMILES string of the molecule is CS(=O)(=O)c1cccnc1NCCCNc1ccccc1. The van der Waals surface area contributed by atoms with Crippen molar-refractivity contribution in [2.75, 3.05) is 30.0 Å². The molecule has 2 N–H and O–H groups in total. The van der Waals surface area contributed by atoms with Crippen molar-refractivity contribution in [1.29, 1.82) is 0 Å². The second-order valence-electron chi connectivity index (χ2n) is 4.70. The van der Waals surface area contributed by atoms with Gasteiger partial charge >= 0.3 is 0 Å². The topological polar surface area (TPSA) is 71.1 Å². The summed E-state index contributed by atoms with van der Waals surface area (Å²) >= 11 is 0. The van der Waals surface area contributed by atoms with E-state index in [0.29, 0.717) is 12.4 Å². The van der Waals surface area contributed by atoms with Gasteiger partial charge < -0.3 is 10.6 Å². The Morgan fingerprint density at radius 3 is 2.43 bits per heavy atom. The van der Waals surface area contributed by atoms with Gasteiger partial charge in [0.1, 0.15) is 10.7 Å². The number of sulfone groups is 1. The van der Waals surface area contributed by atoms with Gasteiger partial charge in [0.25, 0.3) is 0 Å². The molecule has 1 aromatic carbocycles. The van der Waals surface area contributed by atoms with Gasteiger partial charge in [0.05, 0.1) is 0 Å². The number of rotatable bonds is 7. The van der Waals surface area contributed by atoms with Crippen LogP contribution < -0.4 is 10.6 Å². The minimum absolute atomic E-state index is 0.237. The highest BCUT2D eigenvalue weighted by Crippen LogP contribution is 2.17. The van der Waals surface area contributed by atoms with Crippen LogP contribution in [0.2, 0.25) is 0 Å². The smallest absolute Gasteiger partial charge is 0.179 e. The molecule has 0 aliphatic carbocycles. The van der Waals surface area contributed by atoms with Crippen molar-refractivity contribution < 1.29 is 8.42 Å². The van der Waals surface area contributed by atoms with E-state index in [2.05, 4.69) is 15.6 Å². The molecule has 0 unspecified atom stereocenters. The molecule has 0 amide bonds. The molecule has 0 radical (unpaired) electrons. The van der Waals surface area contributed by atoms with Gasteiger partial charge in [-0.25, -0.2) is 13.4 Å². The number of aromatic nitrogens is 1. The van der Waals surface area contributed by atoms with E-state index in [9.17, 15) is 8.42 Å². The molecule has 0 bridgehead atoms. The monoisotopic (exact) mass is 305 g/mol. The molecule has 0 aliphatic heterocycles. The Bertz CT molecular complexity index is 672. The Morgan fingerprint density at radius 1 is 1.00 bits per heavy atom. The quantitative estimate of drug-likeness (QED) is 0.769. The molecular formula is C15H19N3O2S. The summed E-state index contributed by atoms with van der Waals surface area (Å²) in [5.74, 6) is 0.416. The van der Waals surface area contributed by atoms with Crippen LogP contribution in [0.5, 0.6) is 0 Å². The summed E-state index contributed by atoms with van der Waals surface area (Å²) in [5.41, 5.74) is 1.08. The van der Waals surface area contributed by atoms with E-state index in [1.807, 2.05) is 30.3 Å². The van der Waals surface area contributed by atoms with Crippen LogP contribution in [-0.2, 0) is 9.84 Å². The van der Waals surface area contributed by atoms with E-state index >= 15 is 0 Å². The summed E-state index contributed by atoms with van der Waals surface area (Å²) in [6.07, 6.45) is 3.63. The normalized spacial score (nSPS) is 11.1. The van der Waals surface area contributed by atoms with Crippen LogP contribution in [0.1, 0.15) is 6.42 Å². The average molecular weight is 305 g/mol. The summed E-state index contributed by atoms with van der Waals surface area (Å²) in [6, 6.07) is 13.1. The van der Waals surface area contributed by atoms with Gasteiger partial charge in [-0.2, -0.15) is 0 Å². The van der Waals surface area contributed by atoms with Crippen LogP contribution in [0.4, 0.5) is 11.5 Å². The van der Waals surface area contributed by atoms with Crippen LogP contribution in [0, 0.1) is 0 Å². The number of anilines is 2. The second-order valence-corrected chi connectivity index (χ2v) is 6.68. The van der Waals surface area contributed by atoms with Crippen LogP contribution in [0.15, 0.2) is 53.6 Å². The molecule has 1 aromatic heterocycles. The molecule has 0 atom stereocenters. The number of para-hydroxylation sites is 1. The Morgan fingerprint density at radius 2 is 1.71 bits per heavy atom. The zero-order valence-corrected chi connectivity index (χ0v) is 12.7. The summed E-state index contributed by atoms with van der Waals surface area (Å²) in [4.78, 5) is 4.33. The zero-order valence-electron chi connectivity index (χ0n) is 11.9. The molecule has 0 spiro atoms. The van der Waals surface area contributed by atoms with Crippen molar-refractivity contribution in [3.05, 3.63) is 48.7 Å². The van der Waals surface area contributed by atoms with Crippen LogP contribution in [-0.4, -0.2) is 32.7 Å². The van der Waals surface area contributed by atoms with E-state index < -0.39 is 9.84 Å². The largest absolute Gasteiger partial charge is 0.385 e. The highest BCUT2D eigenvalue weighted by atomic mass is 32.2. The van der Waals surface area contributed by atoms with Gasteiger partial charge in [0.15, 0.2) is 9.84 Å². The van der Waals surface area contributed by atoms with Crippen molar-refractivity contribution in [3.63, 3.8) is 0 Å². The molecular weight excluding hydrogens is 286 g/mol. The van der Waals surface area contributed by atoms with E-state index in [4.69, 9.17) is 0 Å². The number of nitrogens with one attached hydrogen (secondary N) is 2. The molecule has 5 nitrogen and oxygen atoms in total. The number of benzene rings is 1. The molecule has 1 heterocycles. The van der Waals surface area contributed by atoms with Crippen LogP contribution >= 0.6 is 0 Å². The van der Waals surface area contributed by atoms with Gasteiger partial charge in [-0.3, -0.25) is 0 Å². The summed E-state index contributed by atoms with van der Waals surface area (Å²) in [5, 5.41) is 6.37. The standard InChI is InChI=1S/C15H19N3O2S/c1-21(19,20)14-9-5-10-17-15(14)18-12-6-11-16-13-7-3-2-4-8-13/h2-5,7-10,16H,6,11-12H2,1H3,(H,17,18). The third-order valence-electron chi connectivity index (χ3n) is 2.92. The lowest BCUT2D eigenvalue weighted by Gasteiger charge is -2.10. The molecule has 112 valence electrons. The first-order valence-corrected chi connectivity index (χ1v) is 8.64. The van der Waals surface area contributed by atoms with Crippen molar-refractivity contribution in [2.45, 2.75) is 11.3 Å². The lowest BCUT2D eigenvalue weighted by Crippen LogP contribution is -2.12. The Kier molecular flexibility index (Phi) is 5.16. The Hall–Kier alpha value is -2.08. The fraction of sp³-hybridized carbons (Fsp3) is 0.267. The molecule has 0 saturated carbocycles. The number of hydrogen-bond acceptors (Lipinski definition) is 5. The summed E-state index contributed by atoms with van der Waals surface area (Å²) in [7, 11) is -3.26. The van der Waals surface area contributed by atoms with Crippen molar-refractivity contribution in [1.82, 2.24) is 4.98 Å². The third kappa shape index (κ3) is 4.75. The van der Waals surface area contributed by atoms with Gasteiger partial charge in [0, 0.05) is 31.2 Å². The molecule has 6 heteroatoms. The zero-order chi connectivity index (χ0) is 15.1. The average Bonchev–Trinajstić information content (AvgIpc) is 2.47. The first-order valence-electron chi connectivity index (χ1n) is 6.75. The first kappa shape index (κ1) is 15.3. The fourth-order valence-electron chi connectivity index (χ4n) is 1.91. The van der Waals surface area contributed by atoms with Gasteiger partial charge in [0.2, 0.25) is 0 Å². The Labute approximate surface area is 125 Å². The predicted octanol–water partition coefficient (Wildman–Crippen LogP) is 2.40. The maximum absolute atomic E-state index is 11.6. The summed E-state index contributed by atoms with van der Waals surface area (Å²) in [6.45, 7) is 1.46. The summed E-state index contributed by atoms with van der Waals surface area (Å²) < 4.78 is 23.3. The van der Waals surface area contributed by atoms with Crippen molar-refractivity contribution >= 4 is 21.3 Å². The molecule has 2 rings (SSSR count). The van der Waals surface area contributed by atoms with E-state index in [0.717, 1.165) is 18.7 Å². The van der Waals surface area contributed by atoms with Gasteiger partial charge in [-0.1, -0.05) is 18.2 Å². The molecule has 21 heavy (non-hydrogen) atoms. The van der Waals surface area contributed by atoms with Gasteiger partial charge in [-0.15, -0.1) is 0 Å². The number of nitrogens with zero attached hydrogens (tertiary/aromatic N) is 1. The maximum Gasteiger partial charge on any atom is 0.179 e. The number of hydrogen-bond donors (Lipinski definition) is 2. The van der Waals surface area contributed by atoms with Crippen molar-refractivity contribution in [2.24, 2.45) is 0 Å². The lowest BCUT2D eigenvalue weighted by atomic mass is 10.3. The van der Waals surface area contributed by atoms with Gasteiger partial charge in [-0.05, 0) is 30.7 Å². The molecule has 2 aromatic rings. The van der Waals surface area contributed by atoms with E-state index in [-0.39, 0.29) is 4.90 Å². The highest BCUT2D eigenvalue weighted by molar-refractivity contribution is 7.90. The van der Waals surface area contributed by atoms with Crippen LogP contribution in [0.25, 0.3) is 0 Å². The minimum atomic E-state index is -3.26. The van der Waals surface area contributed by atoms with E-state index in [1.165, 1.54) is 6.26 Å². The Balaban J connectivity index is 1.82.